The van der Waals surface area contributed by atoms with Crippen LogP contribution in [-0.2, 0) is 0 Å². The Morgan fingerprint density at radius 3 is 2.91 bits per heavy atom. The number of benzene rings is 1. The zero-order valence-corrected chi connectivity index (χ0v) is 11.7. The van der Waals surface area contributed by atoms with Gasteiger partial charge in [0.25, 0.3) is 11.6 Å². The van der Waals surface area contributed by atoms with E-state index >= 15 is 0 Å². The summed E-state index contributed by atoms with van der Waals surface area (Å²) in [4.78, 5) is 26.7. The molecule has 0 radical (unpaired) electrons. The lowest BCUT2D eigenvalue weighted by atomic mass is 10.2. The zero-order valence-electron chi connectivity index (χ0n) is 11.7. The van der Waals surface area contributed by atoms with Crippen molar-refractivity contribution in [2.45, 2.75) is 6.92 Å². The van der Waals surface area contributed by atoms with Crippen LogP contribution >= 0.6 is 0 Å². The highest BCUT2D eigenvalue weighted by Crippen LogP contribution is 2.19. The maximum atomic E-state index is 12.3. The lowest BCUT2D eigenvalue weighted by molar-refractivity contribution is -0.384. The summed E-state index contributed by atoms with van der Waals surface area (Å²) in [6.45, 7) is 1.86. The third-order valence-corrected chi connectivity index (χ3v) is 3.39. The number of hydrogen-bond acceptors (Lipinski definition) is 4. The van der Waals surface area contributed by atoms with Crippen LogP contribution in [0.15, 0.2) is 48.8 Å². The number of non-ortho nitro benzene ring substituents is 1. The van der Waals surface area contributed by atoms with E-state index in [0.29, 0.717) is 5.69 Å². The number of nitro benzene ring substituents is 1. The molecule has 7 heteroatoms. The van der Waals surface area contributed by atoms with Crippen molar-refractivity contribution in [1.82, 2.24) is 9.38 Å². The second-order valence-corrected chi connectivity index (χ2v) is 4.75. The molecule has 0 unspecified atom stereocenters. The summed E-state index contributed by atoms with van der Waals surface area (Å²) in [5.41, 5.74) is 2.36. The largest absolute Gasteiger partial charge is 0.320 e. The Balaban J connectivity index is 1.91. The van der Waals surface area contributed by atoms with Crippen LogP contribution in [0.25, 0.3) is 5.65 Å². The fourth-order valence-electron chi connectivity index (χ4n) is 2.22. The number of carbonyl (C=O) groups is 1. The van der Waals surface area contributed by atoms with E-state index in [-0.39, 0.29) is 11.3 Å². The first-order valence-corrected chi connectivity index (χ1v) is 6.55. The molecule has 3 rings (SSSR count). The topological polar surface area (TPSA) is 89.5 Å². The summed E-state index contributed by atoms with van der Waals surface area (Å²) in [5.74, 6) is -0.397. The monoisotopic (exact) mass is 296 g/mol. The van der Waals surface area contributed by atoms with E-state index in [4.69, 9.17) is 0 Å². The van der Waals surface area contributed by atoms with Gasteiger partial charge in [-0.25, -0.2) is 4.98 Å². The zero-order chi connectivity index (χ0) is 15.7. The van der Waals surface area contributed by atoms with Gasteiger partial charge >= 0.3 is 0 Å². The summed E-state index contributed by atoms with van der Waals surface area (Å²) in [5, 5.41) is 13.5. The molecule has 3 aromatic rings. The number of imidazole rings is 1. The van der Waals surface area contributed by atoms with Gasteiger partial charge < -0.3 is 9.72 Å². The van der Waals surface area contributed by atoms with Crippen molar-refractivity contribution in [2.75, 3.05) is 5.32 Å². The van der Waals surface area contributed by atoms with Crippen molar-refractivity contribution in [1.29, 1.82) is 0 Å². The normalized spacial score (nSPS) is 10.6. The highest BCUT2D eigenvalue weighted by atomic mass is 16.6. The van der Waals surface area contributed by atoms with Gasteiger partial charge in [0.15, 0.2) is 0 Å². The lowest BCUT2D eigenvalue weighted by Crippen LogP contribution is -2.14. The molecule has 0 aliphatic rings. The van der Waals surface area contributed by atoms with E-state index < -0.39 is 10.8 Å². The van der Waals surface area contributed by atoms with E-state index in [1.54, 1.807) is 24.5 Å². The van der Waals surface area contributed by atoms with Crippen molar-refractivity contribution in [3.63, 3.8) is 0 Å². The summed E-state index contributed by atoms with van der Waals surface area (Å²) in [7, 11) is 0. The summed E-state index contributed by atoms with van der Waals surface area (Å²) in [6.07, 6.45) is 3.47. The molecule has 1 aromatic carbocycles. The quantitative estimate of drug-likeness (QED) is 0.594. The summed E-state index contributed by atoms with van der Waals surface area (Å²) < 4.78 is 1.85. The fourth-order valence-corrected chi connectivity index (χ4v) is 2.22. The SMILES string of the molecule is Cc1c(NC(=O)c2cccc([N+](=O)[O-])c2)ccc2nccn12. The minimum absolute atomic E-state index is 0.116. The molecule has 0 saturated heterocycles. The molecule has 2 aromatic heterocycles. The molecule has 0 aliphatic carbocycles. The molecule has 7 nitrogen and oxygen atoms in total. The minimum Gasteiger partial charge on any atom is -0.320 e. The van der Waals surface area contributed by atoms with Gasteiger partial charge in [0.05, 0.1) is 10.6 Å². The Morgan fingerprint density at radius 2 is 2.14 bits per heavy atom. The predicted octanol–water partition coefficient (Wildman–Crippen LogP) is 2.80. The van der Waals surface area contributed by atoms with Crippen LogP contribution in [0.1, 0.15) is 16.1 Å². The Hall–Kier alpha value is -3.22. The van der Waals surface area contributed by atoms with Gasteiger partial charge in [-0.1, -0.05) is 6.07 Å². The molecule has 0 fully saturated rings. The molecule has 0 bridgehead atoms. The Morgan fingerprint density at radius 1 is 1.32 bits per heavy atom. The van der Waals surface area contributed by atoms with Gasteiger partial charge in [0.1, 0.15) is 5.65 Å². The molecule has 0 atom stereocenters. The average Bonchev–Trinajstić information content (AvgIpc) is 2.99. The first kappa shape index (κ1) is 13.7. The maximum absolute atomic E-state index is 12.3. The number of pyridine rings is 1. The van der Waals surface area contributed by atoms with Gasteiger partial charge in [-0.3, -0.25) is 14.9 Å². The Labute approximate surface area is 125 Å². The number of anilines is 1. The van der Waals surface area contributed by atoms with E-state index in [1.807, 2.05) is 11.3 Å². The first-order chi connectivity index (χ1) is 10.6. The fraction of sp³-hybridized carbons (Fsp3) is 0.0667. The van der Waals surface area contributed by atoms with Crippen LogP contribution < -0.4 is 5.32 Å². The van der Waals surface area contributed by atoms with Gasteiger partial charge in [-0.2, -0.15) is 0 Å². The van der Waals surface area contributed by atoms with E-state index in [2.05, 4.69) is 10.3 Å². The molecule has 0 saturated carbocycles. The minimum atomic E-state index is -0.528. The van der Waals surface area contributed by atoms with Crippen LogP contribution in [0, 0.1) is 17.0 Å². The van der Waals surface area contributed by atoms with Crippen molar-refractivity contribution >= 4 is 22.9 Å². The molecule has 1 N–H and O–H groups in total. The molecular weight excluding hydrogens is 284 g/mol. The van der Waals surface area contributed by atoms with Gasteiger partial charge in [-0.05, 0) is 25.1 Å². The van der Waals surface area contributed by atoms with Crippen molar-refractivity contribution in [2.24, 2.45) is 0 Å². The van der Waals surface area contributed by atoms with Crippen LogP contribution in [0.2, 0.25) is 0 Å². The molecule has 0 spiro atoms. The van der Waals surface area contributed by atoms with Crippen LogP contribution in [0.3, 0.4) is 0 Å². The van der Waals surface area contributed by atoms with E-state index in [1.165, 1.54) is 24.3 Å². The number of nitrogens with zero attached hydrogens (tertiary/aromatic N) is 3. The van der Waals surface area contributed by atoms with Crippen LogP contribution in [-0.4, -0.2) is 20.2 Å². The molecular formula is C15H12N4O3. The highest BCUT2D eigenvalue weighted by Gasteiger charge is 2.13. The van der Waals surface area contributed by atoms with Gasteiger partial charge in [-0.15, -0.1) is 0 Å². The first-order valence-electron chi connectivity index (χ1n) is 6.55. The predicted molar refractivity (Wildman–Crippen MR) is 81.0 cm³/mol. The molecule has 22 heavy (non-hydrogen) atoms. The van der Waals surface area contributed by atoms with E-state index in [0.717, 1.165) is 11.3 Å². The number of amides is 1. The van der Waals surface area contributed by atoms with Crippen molar-refractivity contribution in [3.8, 4) is 0 Å². The standard InChI is InChI=1S/C15H12N4O3/c1-10-13(5-6-14-16-7-8-18(10)14)17-15(20)11-3-2-4-12(9-11)19(21)22/h2-9H,1H3,(H,17,20). The lowest BCUT2D eigenvalue weighted by Gasteiger charge is -2.10. The molecule has 2 heterocycles. The number of fused-ring (bicyclic) bond motifs is 1. The van der Waals surface area contributed by atoms with Gasteiger partial charge in [0.2, 0.25) is 0 Å². The highest BCUT2D eigenvalue weighted by molar-refractivity contribution is 6.05. The van der Waals surface area contributed by atoms with Gasteiger partial charge in [0, 0.05) is 35.8 Å². The maximum Gasteiger partial charge on any atom is 0.270 e. The summed E-state index contributed by atoms with van der Waals surface area (Å²) in [6, 6.07) is 9.16. The Kier molecular flexibility index (Phi) is 3.30. The summed E-state index contributed by atoms with van der Waals surface area (Å²) >= 11 is 0. The second-order valence-electron chi connectivity index (χ2n) is 4.75. The Bertz CT molecular complexity index is 885. The second kappa shape index (κ2) is 5.28. The third-order valence-electron chi connectivity index (χ3n) is 3.39. The molecule has 1 amide bonds. The van der Waals surface area contributed by atoms with Crippen LogP contribution in [0.4, 0.5) is 11.4 Å². The number of hydrogen-bond donors (Lipinski definition) is 1. The van der Waals surface area contributed by atoms with Crippen molar-refractivity contribution in [3.05, 3.63) is 70.2 Å². The van der Waals surface area contributed by atoms with Crippen molar-refractivity contribution < 1.29 is 9.72 Å². The average molecular weight is 296 g/mol. The number of aromatic nitrogens is 2. The van der Waals surface area contributed by atoms with E-state index in [9.17, 15) is 14.9 Å². The number of rotatable bonds is 3. The number of nitro groups is 1. The smallest absolute Gasteiger partial charge is 0.270 e. The number of aryl methyl sites for hydroxylation is 1. The number of carbonyl (C=O) groups excluding carboxylic acids is 1. The molecule has 0 aliphatic heterocycles. The third kappa shape index (κ3) is 2.39. The number of nitrogens with one attached hydrogen (secondary N) is 1. The molecule has 110 valence electrons. The van der Waals surface area contributed by atoms with Crippen LogP contribution in [0.5, 0.6) is 0 Å².